The fraction of sp³-hybridized carbons (Fsp3) is 0. The summed E-state index contributed by atoms with van der Waals surface area (Å²) in [6.07, 6.45) is 0. The number of carbonyl (C=O) groups is 1. The van der Waals surface area contributed by atoms with Crippen molar-refractivity contribution in [2.75, 3.05) is 11.1 Å². The van der Waals surface area contributed by atoms with E-state index in [-0.39, 0.29) is 5.69 Å². The minimum Gasteiger partial charge on any atom is -0.396 e. The zero-order valence-corrected chi connectivity index (χ0v) is 12.0. The Morgan fingerprint density at radius 1 is 1.32 bits per heavy atom. The topological polar surface area (TPSA) is 94.0 Å². The number of hydrogen-bond donors (Lipinski definition) is 3. The second-order valence-electron chi connectivity index (χ2n) is 3.75. The summed E-state index contributed by atoms with van der Waals surface area (Å²) in [6.45, 7) is 0. The molecule has 0 unspecified atom stereocenters. The molecule has 2 aromatic rings. The van der Waals surface area contributed by atoms with Gasteiger partial charge in [0.2, 0.25) is 0 Å². The maximum absolute atomic E-state index is 11.1. The molecule has 1 heterocycles. The summed E-state index contributed by atoms with van der Waals surface area (Å²) >= 11 is 9.30. The van der Waals surface area contributed by atoms with Crippen LogP contribution in [0.2, 0.25) is 5.02 Å². The van der Waals surface area contributed by atoms with E-state index < -0.39 is 5.91 Å². The summed E-state index contributed by atoms with van der Waals surface area (Å²) in [6, 6.07) is 8.28. The lowest BCUT2D eigenvalue weighted by Gasteiger charge is -2.11. The molecular formula is C12H10BrClN4O. The normalized spacial score (nSPS) is 10.2. The number of hydrogen-bond acceptors (Lipinski definition) is 4. The number of nitrogen functional groups attached to an aromatic ring is 1. The highest BCUT2D eigenvalue weighted by molar-refractivity contribution is 9.10. The predicted molar refractivity (Wildman–Crippen MR) is 79.6 cm³/mol. The molecule has 5 N–H and O–H groups in total. The molecule has 2 rings (SSSR count). The van der Waals surface area contributed by atoms with Gasteiger partial charge in [0.25, 0.3) is 5.91 Å². The van der Waals surface area contributed by atoms with E-state index in [1.165, 1.54) is 6.07 Å². The van der Waals surface area contributed by atoms with Crippen molar-refractivity contribution in [2.45, 2.75) is 0 Å². The average molecular weight is 342 g/mol. The van der Waals surface area contributed by atoms with Gasteiger partial charge in [0.15, 0.2) is 5.82 Å². The standard InChI is InChI=1S/C12H10BrClN4O/c13-7-2-1-6(14)5-10(7)18-12-8(15)3-4-9(17-12)11(16)19/h1-5H,15H2,(H2,16,19)(H,17,18). The van der Waals surface area contributed by atoms with Crippen molar-refractivity contribution in [3.05, 3.63) is 45.5 Å². The molecule has 1 aromatic carbocycles. The molecule has 0 spiro atoms. The van der Waals surface area contributed by atoms with Crippen LogP contribution in [-0.4, -0.2) is 10.9 Å². The van der Waals surface area contributed by atoms with E-state index in [1.54, 1.807) is 24.3 Å². The lowest BCUT2D eigenvalue weighted by molar-refractivity contribution is 0.0996. The highest BCUT2D eigenvalue weighted by Crippen LogP contribution is 2.30. The maximum Gasteiger partial charge on any atom is 0.267 e. The number of primary amides is 1. The molecule has 0 saturated heterocycles. The van der Waals surface area contributed by atoms with Crippen LogP contribution in [0.5, 0.6) is 0 Å². The Balaban J connectivity index is 2.40. The van der Waals surface area contributed by atoms with Gasteiger partial charge < -0.3 is 16.8 Å². The van der Waals surface area contributed by atoms with E-state index in [1.807, 2.05) is 0 Å². The van der Waals surface area contributed by atoms with Crippen LogP contribution >= 0.6 is 27.5 Å². The first-order valence-corrected chi connectivity index (χ1v) is 6.43. The number of anilines is 3. The molecule has 0 radical (unpaired) electrons. The van der Waals surface area contributed by atoms with Gasteiger partial charge in [-0.3, -0.25) is 4.79 Å². The molecule has 0 fully saturated rings. The van der Waals surface area contributed by atoms with Crippen LogP contribution in [-0.2, 0) is 0 Å². The first-order chi connectivity index (χ1) is 8.97. The molecule has 19 heavy (non-hydrogen) atoms. The van der Waals surface area contributed by atoms with E-state index in [0.717, 1.165) is 4.47 Å². The quantitative estimate of drug-likeness (QED) is 0.800. The van der Waals surface area contributed by atoms with Crippen LogP contribution in [0.3, 0.4) is 0 Å². The van der Waals surface area contributed by atoms with E-state index in [2.05, 4.69) is 26.2 Å². The van der Waals surface area contributed by atoms with Gasteiger partial charge >= 0.3 is 0 Å². The van der Waals surface area contributed by atoms with Crippen LogP contribution in [0.1, 0.15) is 10.5 Å². The van der Waals surface area contributed by atoms with E-state index >= 15 is 0 Å². The van der Waals surface area contributed by atoms with Crippen molar-refractivity contribution >= 4 is 50.6 Å². The Morgan fingerprint density at radius 3 is 2.74 bits per heavy atom. The second kappa shape index (κ2) is 5.46. The average Bonchev–Trinajstić information content (AvgIpc) is 2.36. The summed E-state index contributed by atoms with van der Waals surface area (Å²) in [4.78, 5) is 15.2. The summed E-state index contributed by atoms with van der Waals surface area (Å²) in [5.74, 6) is -0.271. The molecule has 0 aliphatic heterocycles. The number of carbonyl (C=O) groups excluding carboxylic acids is 1. The second-order valence-corrected chi connectivity index (χ2v) is 5.04. The van der Waals surface area contributed by atoms with Crippen LogP contribution in [0, 0.1) is 0 Å². The smallest absolute Gasteiger partial charge is 0.267 e. The van der Waals surface area contributed by atoms with Gasteiger partial charge in [-0.15, -0.1) is 0 Å². The first kappa shape index (κ1) is 13.6. The van der Waals surface area contributed by atoms with Gasteiger partial charge in [-0.2, -0.15) is 0 Å². The Hall–Kier alpha value is -1.79. The molecule has 5 nitrogen and oxygen atoms in total. The molecule has 0 aliphatic carbocycles. The fourth-order valence-electron chi connectivity index (χ4n) is 1.43. The van der Waals surface area contributed by atoms with Gasteiger partial charge in [0.05, 0.1) is 11.4 Å². The number of rotatable bonds is 3. The summed E-state index contributed by atoms with van der Waals surface area (Å²) in [7, 11) is 0. The number of amides is 1. The molecule has 1 aromatic heterocycles. The zero-order chi connectivity index (χ0) is 14.0. The van der Waals surface area contributed by atoms with Crippen LogP contribution in [0.15, 0.2) is 34.8 Å². The first-order valence-electron chi connectivity index (χ1n) is 5.26. The SMILES string of the molecule is NC(=O)c1ccc(N)c(Nc2cc(Cl)ccc2Br)n1. The van der Waals surface area contributed by atoms with Crippen molar-refractivity contribution in [1.29, 1.82) is 0 Å². The van der Waals surface area contributed by atoms with Crippen molar-refractivity contribution in [2.24, 2.45) is 5.73 Å². The molecule has 0 atom stereocenters. The number of nitrogens with one attached hydrogen (secondary N) is 1. The van der Waals surface area contributed by atoms with E-state index in [4.69, 9.17) is 23.1 Å². The zero-order valence-electron chi connectivity index (χ0n) is 9.65. The molecule has 0 bridgehead atoms. The Labute approximate surface area is 123 Å². The monoisotopic (exact) mass is 340 g/mol. The van der Waals surface area contributed by atoms with E-state index in [9.17, 15) is 4.79 Å². The lowest BCUT2D eigenvalue weighted by atomic mass is 10.3. The number of pyridine rings is 1. The Kier molecular flexibility index (Phi) is 3.92. The van der Waals surface area contributed by atoms with Gasteiger partial charge in [-0.1, -0.05) is 11.6 Å². The third-order valence-corrected chi connectivity index (χ3v) is 3.29. The van der Waals surface area contributed by atoms with Crippen LogP contribution in [0.4, 0.5) is 17.2 Å². The van der Waals surface area contributed by atoms with Gasteiger partial charge in [-0.25, -0.2) is 4.98 Å². The minimum absolute atomic E-state index is 0.134. The molecule has 1 amide bonds. The minimum atomic E-state index is -0.617. The van der Waals surface area contributed by atoms with Crippen molar-refractivity contribution in [3.63, 3.8) is 0 Å². The van der Waals surface area contributed by atoms with Crippen molar-refractivity contribution in [3.8, 4) is 0 Å². The molecule has 7 heteroatoms. The van der Waals surface area contributed by atoms with Crippen molar-refractivity contribution in [1.82, 2.24) is 4.98 Å². The van der Waals surface area contributed by atoms with Crippen LogP contribution in [0.25, 0.3) is 0 Å². The number of benzene rings is 1. The summed E-state index contributed by atoms with van der Waals surface area (Å²) in [5.41, 5.74) is 12.2. The molecule has 98 valence electrons. The highest BCUT2D eigenvalue weighted by atomic mass is 79.9. The fourth-order valence-corrected chi connectivity index (χ4v) is 1.95. The highest BCUT2D eigenvalue weighted by Gasteiger charge is 2.09. The van der Waals surface area contributed by atoms with Crippen molar-refractivity contribution < 1.29 is 4.79 Å². The van der Waals surface area contributed by atoms with Gasteiger partial charge in [0.1, 0.15) is 5.69 Å². The molecular weight excluding hydrogens is 332 g/mol. The van der Waals surface area contributed by atoms with Gasteiger partial charge in [-0.05, 0) is 46.3 Å². The number of halogens is 2. The number of aromatic nitrogens is 1. The third kappa shape index (κ3) is 3.15. The molecule has 0 saturated carbocycles. The number of nitrogens with two attached hydrogens (primary N) is 2. The summed E-state index contributed by atoms with van der Waals surface area (Å²) in [5, 5.41) is 3.57. The summed E-state index contributed by atoms with van der Waals surface area (Å²) < 4.78 is 0.794. The van der Waals surface area contributed by atoms with E-state index in [0.29, 0.717) is 22.2 Å². The third-order valence-electron chi connectivity index (χ3n) is 2.36. The maximum atomic E-state index is 11.1. The van der Waals surface area contributed by atoms with Gasteiger partial charge in [0, 0.05) is 9.50 Å². The Bertz CT molecular complexity index is 648. The largest absolute Gasteiger partial charge is 0.396 e. The number of nitrogens with zero attached hydrogens (tertiary/aromatic N) is 1. The Morgan fingerprint density at radius 2 is 2.05 bits per heavy atom. The molecule has 0 aliphatic rings. The van der Waals surface area contributed by atoms with Crippen LogP contribution < -0.4 is 16.8 Å². The lowest BCUT2D eigenvalue weighted by Crippen LogP contribution is -2.14. The predicted octanol–water partition coefficient (Wildman–Crippen LogP) is 2.92.